The Bertz CT molecular complexity index is 197. The predicted octanol–water partition coefficient (Wildman–Crippen LogP) is 4.60. The first-order chi connectivity index (χ1) is 7.72. The van der Waals surface area contributed by atoms with Gasteiger partial charge in [-0.1, -0.05) is 33.6 Å². The number of carbonyl (C=O) groups is 1. The largest absolute Gasteiger partial charge is 0.299 e. The van der Waals surface area contributed by atoms with Crippen molar-refractivity contribution in [3.63, 3.8) is 0 Å². The van der Waals surface area contributed by atoms with E-state index < -0.39 is 0 Å². The zero-order chi connectivity index (χ0) is 12.0. The van der Waals surface area contributed by atoms with Gasteiger partial charge in [0.1, 0.15) is 5.78 Å². The number of carbonyl (C=O) groups excluding carboxylic acids is 1. The maximum atomic E-state index is 12.2. The van der Waals surface area contributed by atoms with Crippen molar-refractivity contribution in [2.45, 2.75) is 72.1 Å². The number of rotatable bonds is 6. The monoisotopic (exact) mass is 224 g/mol. The van der Waals surface area contributed by atoms with E-state index in [1.807, 2.05) is 0 Å². The van der Waals surface area contributed by atoms with Crippen LogP contribution >= 0.6 is 0 Å². The van der Waals surface area contributed by atoms with Gasteiger partial charge in [0.2, 0.25) is 0 Å². The van der Waals surface area contributed by atoms with Crippen molar-refractivity contribution in [1.82, 2.24) is 0 Å². The molecule has 1 nitrogen and oxygen atoms in total. The van der Waals surface area contributed by atoms with Crippen molar-refractivity contribution in [3.05, 3.63) is 0 Å². The van der Waals surface area contributed by atoms with Gasteiger partial charge in [-0.2, -0.15) is 0 Å². The van der Waals surface area contributed by atoms with E-state index >= 15 is 0 Å². The lowest BCUT2D eigenvalue weighted by Crippen LogP contribution is -2.27. The molecule has 0 aromatic carbocycles. The van der Waals surface area contributed by atoms with E-state index in [4.69, 9.17) is 0 Å². The van der Waals surface area contributed by atoms with E-state index in [0.717, 1.165) is 18.8 Å². The second-order valence-corrected chi connectivity index (χ2v) is 5.42. The Hall–Kier alpha value is -0.330. The molecule has 1 rings (SSSR count). The van der Waals surface area contributed by atoms with Crippen LogP contribution in [0.25, 0.3) is 0 Å². The third-order valence-corrected chi connectivity index (χ3v) is 4.33. The normalized spacial score (nSPS) is 26.0. The SMILES string of the molecule is CCCC1CCC(C(=O)C(CC)CC)CC1. The second kappa shape index (κ2) is 7.09. The van der Waals surface area contributed by atoms with E-state index in [0.29, 0.717) is 17.6 Å². The van der Waals surface area contributed by atoms with Crippen LogP contribution in [0.4, 0.5) is 0 Å². The summed E-state index contributed by atoms with van der Waals surface area (Å²) in [5.74, 6) is 2.22. The number of hydrogen-bond donors (Lipinski definition) is 0. The fourth-order valence-electron chi connectivity index (χ4n) is 3.17. The summed E-state index contributed by atoms with van der Waals surface area (Å²) in [6.45, 7) is 6.56. The summed E-state index contributed by atoms with van der Waals surface area (Å²) in [5, 5.41) is 0. The van der Waals surface area contributed by atoms with Crippen LogP contribution in [0, 0.1) is 17.8 Å². The Balaban J connectivity index is 2.38. The van der Waals surface area contributed by atoms with Crippen LogP contribution in [0.2, 0.25) is 0 Å². The molecule has 0 amide bonds. The van der Waals surface area contributed by atoms with Gasteiger partial charge in [-0.15, -0.1) is 0 Å². The van der Waals surface area contributed by atoms with Crippen LogP contribution in [0.15, 0.2) is 0 Å². The zero-order valence-electron chi connectivity index (χ0n) is 11.3. The maximum Gasteiger partial charge on any atom is 0.139 e. The molecule has 0 heterocycles. The summed E-state index contributed by atoms with van der Waals surface area (Å²) in [5.41, 5.74) is 0. The van der Waals surface area contributed by atoms with Crippen molar-refractivity contribution in [2.24, 2.45) is 17.8 Å². The molecule has 0 aromatic rings. The van der Waals surface area contributed by atoms with Gasteiger partial charge < -0.3 is 0 Å². The lowest BCUT2D eigenvalue weighted by atomic mass is 9.75. The van der Waals surface area contributed by atoms with Crippen molar-refractivity contribution in [2.75, 3.05) is 0 Å². The summed E-state index contributed by atoms with van der Waals surface area (Å²) in [6.07, 6.45) is 9.66. The van der Waals surface area contributed by atoms with Crippen LogP contribution < -0.4 is 0 Å². The Kier molecular flexibility index (Phi) is 6.08. The van der Waals surface area contributed by atoms with Crippen LogP contribution in [0.5, 0.6) is 0 Å². The summed E-state index contributed by atoms with van der Waals surface area (Å²) < 4.78 is 0. The quantitative estimate of drug-likeness (QED) is 0.644. The molecular formula is C15H28O. The van der Waals surface area contributed by atoms with Crippen LogP contribution in [-0.2, 0) is 4.79 Å². The summed E-state index contributed by atoms with van der Waals surface area (Å²) in [7, 11) is 0. The van der Waals surface area contributed by atoms with Gasteiger partial charge >= 0.3 is 0 Å². The lowest BCUT2D eigenvalue weighted by Gasteiger charge is -2.29. The minimum Gasteiger partial charge on any atom is -0.299 e. The summed E-state index contributed by atoms with van der Waals surface area (Å²) in [4.78, 5) is 12.2. The molecular weight excluding hydrogens is 196 g/mol. The van der Waals surface area contributed by atoms with Gasteiger partial charge in [-0.05, 0) is 44.4 Å². The molecule has 1 aliphatic carbocycles. The van der Waals surface area contributed by atoms with Gasteiger partial charge in [0.25, 0.3) is 0 Å². The smallest absolute Gasteiger partial charge is 0.139 e. The average Bonchev–Trinajstić information content (AvgIpc) is 2.32. The van der Waals surface area contributed by atoms with Crippen molar-refractivity contribution in [3.8, 4) is 0 Å². The van der Waals surface area contributed by atoms with Gasteiger partial charge in [0.15, 0.2) is 0 Å². The molecule has 94 valence electrons. The highest BCUT2D eigenvalue weighted by molar-refractivity contribution is 5.83. The first-order valence-corrected chi connectivity index (χ1v) is 7.26. The van der Waals surface area contributed by atoms with Crippen LogP contribution in [-0.4, -0.2) is 5.78 Å². The molecule has 0 spiro atoms. The fourth-order valence-corrected chi connectivity index (χ4v) is 3.17. The molecule has 0 bridgehead atoms. The van der Waals surface area contributed by atoms with Crippen molar-refractivity contribution in [1.29, 1.82) is 0 Å². The molecule has 0 radical (unpaired) electrons. The van der Waals surface area contributed by atoms with Crippen molar-refractivity contribution >= 4 is 5.78 Å². The molecule has 1 saturated carbocycles. The van der Waals surface area contributed by atoms with Crippen LogP contribution in [0.1, 0.15) is 72.1 Å². The van der Waals surface area contributed by atoms with E-state index in [-0.39, 0.29) is 0 Å². The minimum atomic E-state index is 0.340. The highest BCUT2D eigenvalue weighted by Gasteiger charge is 2.28. The molecule has 0 atom stereocenters. The first-order valence-electron chi connectivity index (χ1n) is 7.26. The maximum absolute atomic E-state index is 12.2. The molecule has 0 aromatic heterocycles. The Morgan fingerprint density at radius 2 is 1.62 bits per heavy atom. The molecule has 1 aliphatic rings. The molecule has 16 heavy (non-hydrogen) atoms. The summed E-state index contributed by atoms with van der Waals surface area (Å²) in [6, 6.07) is 0. The fraction of sp³-hybridized carbons (Fsp3) is 0.933. The molecule has 1 fully saturated rings. The van der Waals surface area contributed by atoms with E-state index in [1.54, 1.807) is 0 Å². The third-order valence-electron chi connectivity index (χ3n) is 4.33. The molecule has 1 heteroatoms. The van der Waals surface area contributed by atoms with Gasteiger partial charge in [-0.3, -0.25) is 4.79 Å². The highest BCUT2D eigenvalue weighted by atomic mass is 16.1. The number of ketones is 1. The lowest BCUT2D eigenvalue weighted by molar-refractivity contribution is -0.128. The Labute approximate surface area is 101 Å². The number of Topliss-reactive ketones (excluding diaryl/α,β-unsaturated/α-hetero) is 1. The van der Waals surface area contributed by atoms with E-state index in [2.05, 4.69) is 20.8 Å². The number of hydrogen-bond acceptors (Lipinski definition) is 1. The minimum absolute atomic E-state index is 0.340. The van der Waals surface area contributed by atoms with E-state index in [1.165, 1.54) is 38.5 Å². The second-order valence-electron chi connectivity index (χ2n) is 5.42. The van der Waals surface area contributed by atoms with Crippen molar-refractivity contribution < 1.29 is 4.79 Å². The van der Waals surface area contributed by atoms with Crippen LogP contribution in [0.3, 0.4) is 0 Å². The standard InChI is InChI=1S/C15H28O/c1-4-7-12-8-10-14(11-9-12)15(16)13(5-2)6-3/h12-14H,4-11H2,1-3H3. The summed E-state index contributed by atoms with van der Waals surface area (Å²) >= 11 is 0. The van der Waals surface area contributed by atoms with E-state index in [9.17, 15) is 4.79 Å². The predicted molar refractivity (Wildman–Crippen MR) is 69.4 cm³/mol. The molecule has 0 saturated heterocycles. The topological polar surface area (TPSA) is 17.1 Å². The first kappa shape index (κ1) is 13.7. The van der Waals surface area contributed by atoms with Gasteiger partial charge in [0, 0.05) is 11.8 Å². The Morgan fingerprint density at radius 3 is 2.06 bits per heavy atom. The molecule has 0 aliphatic heterocycles. The zero-order valence-corrected chi connectivity index (χ0v) is 11.3. The Morgan fingerprint density at radius 1 is 1.06 bits per heavy atom. The molecule has 0 N–H and O–H groups in total. The van der Waals surface area contributed by atoms with Gasteiger partial charge in [0.05, 0.1) is 0 Å². The van der Waals surface area contributed by atoms with Gasteiger partial charge in [-0.25, -0.2) is 0 Å². The average molecular weight is 224 g/mol. The molecule has 0 unspecified atom stereocenters. The third kappa shape index (κ3) is 3.61. The highest BCUT2D eigenvalue weighted by Crippen LogP contribution is 2.34.